The standard InChI is InChI=1S/C34H37N3O4S/c1-25(2)23-35-34(39)30(22-26-12-5-3-6-13-26)36(24-27-14-7-4-8-15-27)32(38)20-11-21-37-29-18-9-16-28-17-10-19-31(33(28)29)42(37,40)41/h3-10,12-19,25,30H,11,20-24H2,1-2H3,(H,35,39)/t30-/m1/s1. The lowest BCUT2D eigenvalue weighted by molar-refractivity contribution is -0.141. The molecule has 0 saturated heterocycles. The molecule has 1 aliphatic heterocycles. The molecule has 1 aliphatic rings. The highest BCUT2D eigenvalue weighted by Gasteiger charge is 2.36. The van der Waals surface area contributed by atoms with Gasteiger partial charge in [-0.05, 0) is 41.0 Å². The van der Waals surface area contributed by atoms with Crippen LogP contribution < -0.4 is 9.62 Å². The zero-order valence-electron chi connectivity index (χ0n) is 24.1. The van der Waals surface area contributed by atoms with Crippen molar-refractivity contribution in [3.8, 4) is 0 Å². The quantitative estimate of drug-likeness (QED) is 0.237. The molecule has 1 N–H and O–H groups in total. The maximum absolute atomic E-state index is 13.9. The third-order valence-corrected chi connectivity index (χ3v) is 9.44. The Morgan fingerprint density at radius 2 is 1.48 bits per heavy atom. The lowest BCUT2D eigenvalue weighted by Crippen LogP contribution is -2.51. The van der Waals surface area contributed by atoms with Gasteiger partial charge in [-0.3, -0.25) is 13.9 Å². The lowest BCUT2D eigenvalue weighted by atomic mass is 10.0. The first kappa shape index (κ1) is 29.3. The van der Waals surface area contributed by atoms with Gasteiger partial charge in [0.1, 0.15) is 6.04 Å². The number of hydrogen-bond acceptors (Lipinski definition) is 4. The van der Waals surface area contributed by atoms with Gasteiger partial charge in [0.2, 0.25) is 11.8 Å². The molecule has 0 bridgehead atoms. The average Bonchev–Trinajstić information content (AvgIpc) is 3.21. The van der Waals surface area contributed by atoms with E-state index < -0.39 is 16.1 Å². The Balaban J connectivity index is 1.38. The van der Waals surface area contributed by atoms with E-state index in [2.05, 4.69) is 5.32 Å². The first-order chi connectivity index (χ1) is 20.3. The topological polar surface area (TPSA) is 86.8 Å². The maximum Gasteiger partial charge on any atom is 0.265 e. The monoisotopic (exact) mass is 583 g/mol. The summed E-state index contributed by atoms with van der Waals surface area (Å²) in [5.41, 5.74) is 2.53. The molecule has 1 atom stereocenters. The van der Waals surface area contributed by atoms with E-state index in [0.29, 0.717) is 30.0 Å². The number of carbonyl (C=O) groups excluding carboxylic acids is 2. The smallest absolute Gasteiger partial charge is 0.265 e. The fourth-order valence-corrected chi connectivity index (χ4v) is 7.22. The Labute approximate surface area is 248 Å². The van der Waals surface area contributed by atoms with Gasteiger partial charge < -0.3 is 10.2 Å². The van der Waals surface area contributed by atoms with E-state index in [9.17, 15) is 18.0 Å². The van der Waals surface area contributed by atoms with Crippen LogP contribution in [0.1, 0.15) is 37.8 Å². The number of anilines is 1. The number of nitrogens with one attached hydrogen (secondary N) is 1. The van der Waals surface area contributed by atoms with Gasteiger partial charge in [0, 0.05) is 37.9 Å². The van der Waals surface area contributed by atoms with Crippen molar-refractivity contribution in [2.45, 2.75) is 50.6 Å². The van der Waals surface area contributed by atoms with Gasteiger partial charge >= 0.3 is 0 Å². The number of nitrogens with zero attached hydrogens (tertiary/aromatic N) is 2. The Hall–Kier alpha value is -4.17. The highest BCUT2D eigenvalue weighted by Crippen LogP contribution is 2.42. The van der Waals surface area contributed by atoms with Crippen LogP contribution >= 0.6 is 0 Å². The Kier molecular flexibility index (Phi) is 8.92. The molecule has 42 heavy (non-hydrogen) atoms. The van der Waals surface area contributed by atoms with Gasteiger partial charge in [-0.2, -0.15) is 0 Å². The van der Waals surface area contributed by atoms with E-state index in [1.807, 2.05) is 98.8 Å². The van der Waals surface area contributed by atoms with Gasteiger partial charge in [0.15, 0.2) is 0 Å². The zero-order valence-corrected chi connectivity index (χ0v) is 24.9. The molecular weight excluding hydrogens is 546 g/mol. The number of amides is 2. The summed E-state index contributed by atoms with van der Waals surface area (Å²) in [6.07, 6.45) is 0.800. The van der Waals surface area contributed by atoms with Crippen LogP contribution in [0.2, 0.25) is 0 Å². The molecule has 2 amide bonds. The normalized spacial score (nSPS) is 14.2. The molecule has 4 aromatic carbocycles. The minimum Gasteiger partial charge on any atom is -0.354 e. The van der Waals surface area contributed by atoms with Crippen LogP contribution in [0.4, 0.5) is 5.69 Å². The third kappa shape index (κ3) is 6.34. The van der Waals surface area contributed by atoms with Crippen LogP contribution in [0.3, 0.4) is 0 Å². The van der Waals surface area contributed by atoms with Crippen molar-refractivity contribution < 1.29 is 18.0 Å². The van der Waals surface area contributed by atoms with Crippen LogP contribution in [0, 0.1) is 5.92 Å². The number of carbonyl (C=O) groups is 2. The Morgan fingerprint density at radius 1 is 0.833 bits per heavy atom. The molecule has 5 rings (SSSR count). The Bertz CT molecular complexity index is 1650. The highest BCUT2D eigenvalue weighted by atomic mass is 32.2. The number of rotatable bonds is 12. The van der Waals surface area contributed by atoms with E-state index in [4.69, 9.17) is 0 Å². The molecule has 0 radical (unpaired) electrons. The van der Waals surface area contributed by atoms with Crippen molar-refractivity contribution in [2.24, 2.45) is 5.92 Å². The van der Waals surface area contributed by atoms with Gasteiger partial charge in [-0.1, -0.05) is 98.8 Å². The number of sulfonamides is 1. The van der Waals surface area contributed by atoms with E-state index in [1.54, 1.807) is 17.0 Å². The number of hydrogen-bond donors (Lipinski definition) is 1. The van der Waals surface area contributed by atoms with Crippen LogP contribution in [0.15, 0.2) is 102 Å². The SMILES string of the molecule is CC(C)CNC(=O)[C@@H](Cc1ccccc1)N(Cc1ccccc1)C(=O)CCCN1c2cccc3cccc(c23)S1(=O)=O. The molecule has 4 aromatic rings. The van der Waals surface area contributed by atoms with Crippen LogP contribution in [0.25, 0.3) is 10.8 Å². The second-order valence-electron chi connectivity index (χ2n) is 11.2. The third-order valence-electron chi connectivity index (χ3n) is 7.58. The molecule has 0 aromatic heterocycles. The summed E-state index contributed by atoms with van der Waals surface area (Å²) >= 11 is 0. The van der Waals surface area contributed by atoms with E-state index in [1.165, 1.54) is 4.31 Å². The van der Waals surface area contributed by atoms with E-state index >= 15 is 0 Å². The minimum atomic E-state index is -3.71. The zero-order chi connectivity index (χ0) is 29.7. The predicted molar refractivity (Wildman–Crippen MR) is 166 cm³/mol. The lowest BCUT2D eigenvalue weighted by Gasteiger charge is -2.32. The van der Waals surface area contributed by atoms with Crippen molar-refractivity contribution >= 4 is 38.3 Å². The van der Waals surface area contributed by atoms with Gasteiger partial charge in [-0.25, -0.2) is 8.42 Å². The molecule has 0 unspecified atom stereocenters. The first-order valence-electron chi connectivity index (χ1n) is 14.4. The fraction of sp³-hybridized carbons (Fsp3) is 0.294. The molecule has 1 heterocycles. The predicted octanol–water partition coefficient (Wildman–Crippen LogP) is 5.54. The van der Waals surface area contributed by atoms with Crippen molar-refractivity contribution in [3.05, 3.63) is 108 Å². The van der Waals surface area contributed by atoms with E-state index in [-0.39, 0.29) is 37.2 Å². The van der Waals surface area contributed by atoms with Crippen LogP contribution in [0.5, 0.6) is 0 Å². The van der Waals surface area contributed by atoms with Crippen molar-refractivity contribution in [3.63, 3.8) is 0 Å². The summed E-state index contributed by atoms with van der Waals surface area (Å²) in [6, 6.07) is 29.5. The average molecular weight is 584 g/mol. The van der Waals surface area contributed by atoms with E-state index in [0.717, 1.165) is 21.9 Å². The summed E-state index contributed by atoms with van der Waals surface area (Å²) in [6.45, 7) is 5.02. The van der Waals surface area contributed by atoms with Gasteiger partial charge in [0.05, 0.1) is 10.6 Å². The summed E-state index contributed by atoms with van der Waals surface area (Å²) in [7, 11) is -3.71. The van der Waals surface area contributed by atoms with Gasteiger partial charge in [-0.15, -0.1) is 0 Å². The molecule has 0 fully saturated rings. The Morgan fingerprint density at radius 3 is 2.14 bits per heavy atom. The van der Waals surface area contributed by atoms with Gasteiger partial charge in [0.25, 0.3) is 10.0 Å². The summed E-state index contributed by atoms with van der Waals surface area (Å²) < 4.78 is 28.3. The fourth-order valence-electron chi connectivity index (χ4n) is 5.47. The van der Waals surface area contributed by atoms with Crippen molar-refractivity contribution in [1.29, 1.82) is 0 Å². The largest absolute Gasteiger partial charge is 0.354 e. The molecular formula is C34H37N3O4S. The summed E-state index contributed by atoms with van der Waals surface area (Å²) in [4.78, 5) is 29.5. The molecule has 0 saturated carbocycles. The second-order valence-corrected chi connectivity index (χ2v) is 13.0. The second kappa shape index (κ2) is 12.8. The van der Waals surface area contributed by atoms with Crippen LogP contribution in [-0.4, -0.2) is 44.3 Å². The van der Waals surface area contributed by atoms with Crippen LogP contribution in [-0.2, 0) is 32.6 Å². The molecule has 0 spiro atoms. The van der Waals surface area contributed by atoms with Crippen molar-refractivity contribution in [1.82, 2.24) is 10.2 Å². The summed E-state index contributed by atoms with van der Waals surface area (Å²) in [5, 5.41) is 4.63. The first-order valence-corrected chi connectivity index (χ1v) is 15.9. The maximum atomic E-state index is 13.9. The molecule has 7 nitrogen and oxygen atoms in total. The summed E-state index contributed by atoms with van der Waals surface area (Å²) in [5.74, 6) is -0.117. The highest BCUT2D eigenvalue weighted by molar-refractivity contribution is 7.93. The number of benzene rings is 4. The molecule has 8 heteroatoms. The molecule has 218 valence electrons. The molecule has 0 aliphatic carbocycles. The van der Waals surface area contributed by atoms with Crippen molar-refractivity contribution in [2.75, 3.05) is 17.4 Å². The minimum absolute atomic E-state index is 0.105.